The smallest absolute Gasteiger partial charge is 0.236 e. The van der Waals surface area contributed by atoms with Crippen LogP contribution in [0.4, 0.5) is 5.69 Å². The average molecular weight is 415 g/mol. The summed E-state index contributed by atoms with van der Waals surface area (Å²) in [7, 11) is -3.50. The lowest BCUT2D eigenvalue weighted by Gasteiger charge is -2.10. The zero-order valence-corrected chi connectivity index (χ0v) is 17.1. The van der Waals surface area contributed by atoms with Crippen LogP contribution in [0.3, 0.4) is 0 Å². The first-order valence-electron chi connectivity index (χ1n) is 8.84. The predicted octanol–water partition coefficient (Wildman–Crippen LogP) is 3.86. The average Bonchev–Trinajstić information content (AvgIpc) is 3.14. The molecule has 0 aliphatic heterocycles. The normalized spacial score (nSPS) is 11.2. The molecule has 2 aromatic carbocycles. The van der Waals surface area contributed by atoms with E-state index in [0.29, 0.717) is 12.2 Å². The molecule has 146 valence electrons. The van der Waals surface area contributed by atoms with Gasteiger partial charge in [0.15, 0.2) is 0 Å². The molecule has 0 aliphatic carbocycles. The Hall–Kier alpha value is -2.64. The monoisotopic (exact) mass is 414 g/mol. The van der Waals surface area contributed by atoms with Crippen molar-refractivity contribution in [1.29, 1.82) is 0 Å². The molecule has 0 saturated carbocycles. The zero-order chi connectivity index (χ0) is 20.0. The molecule has 0 spiro atoms. The first kappa shape index (κ1) is 20.1. The van der Waals surface area contributed by atoms with Crippen LogP contribution in [-0.4, -0.2) is 14.3 Å². The van der Waals surface area contributed by atoms with Gasteiger partial charge in [-0.15, -0.1) is 11.3 Å². The summed E-state index contributed by atoms with van der Waals surface area (Å²) in [5.74, 6) is -0.150. The maximum Gasteiger partial charge on any atom is 0.236 e. The molecule has 1 aromatic heterocycles. The Bertz CT molecular complexity index is 1030. The highest BCUT2D eigenvalue weighted by Crippen LogP contribution is 2.15. The van der Waals surface area contributed by atoms with Gasteiger partial charge in [0.25, 0.3) is 0 Å². The highest BCUT2D eigenvalue weighted by Gasteiger charge is 2.12. The number of thiophene rings is 1. The van der Waals surface area contributed by atoms with E-state index in [9.17, 15) is 13.2 Å². The van der Waals surface area contributed by atoms with Crippen molar-refractivity contribution in [3.05, 3.63) is 87.6 Å². The fourth-order valence-corrected chi connectivity index (χ4v) is 4.60. The molecule has 0 atom stereocenters. The molecule has 0 aliphatic rings. The van der Waals surface area contributed by atoms with Gasteiger partial charge in [-0.05, 0) is 41.6 Å². The van der Waals surface area contributed by atoms with Crippen LogP contribution in [0.25, 0.3) is 0 Å². The third-order valence-electron chi connectivity index (χ3n) is 4.07. The van der Waals surface area contributed by atoms with Crippen molar-refractivity contribution in [2.75, 3.05) is 4.72 Å². The van der Waals surface area contributed by atoms with Gasteiger partial charge in [-0.2, -0.15) is 0 Å². The van der Waals surface area contributed by atoms with E-state index in [0.717, 1.165) is 21.6 Å². The van der Waals surface area contributed by atoms with E-state index in [1.807, 2.05) is 42.6 Å². The van der Waals surface area contributed by atoms with Gasteiger partial charge in [0.05, 0.1) is 18.7 Å². The van der Waals surface area contributed by atoms with E-state index in [4.69, 9.17) is 0 Å². The standard InChI is InChI=1S/C21H22N2O3S2/c1-16-4-2-5-18(12-16)15-28(25,26)23-19-9-7-17(8-10-19)13-21(24)22-14-20-6-3-11-27-20/h2-12,23H,13-15H2,1H3,(H,22,24). The van der Waals surface area contributed by atoms with E-state index in [1.54, 1.807) is 41.7 Å². The number of nitrogens with one attached hydrogen (secondary N) is 2. The molecule has 0 radical (unpaired) electrons. The molecule has 1 amide bonds. The van der Waals surface area contributed by atoms with Gasteiger partial charge in [-0.1, -0.05) is 48.0 Å². The lowest BCUT2D eigenvalue weighted by atomic mass is 10.1. The number of amides is 1. The second-order valence-corrected chi connectivity index (χ2v) is 9.33. The second-order valence-electron chi connectivity index (χ2n) is 6.58. The molecule has 3 aromatic rings. The molecule has 0 fully saturated rings. The molecule has 3 rings (SSSR count). The summed E-state index contributed by atoms with van der Waals surface area (Å²) in [6.07, 6.45) is 0.252. The molecule has 0 bridgehead atoms. The Kier molecular flexibility index (Phi) is 6.49. The van der Waals surface area contributed by atoms with E-state index in [2.05, 4.69) is 10.0 Å². The van der Waals surface area contributed by atoms with Crippen LogP contribution in [0.15, 0.2) is 66.0 Å². The number of anilines is 1. The van der Waals surface area contributed by atoms with Gasteiger partial charge in [-0.25, -0.2) is 8.42 Å². The van der Waals surface area contributed by atoms with Crippen molar-refractivity contribution in [2.24, 2.45) is 0 Å². The molecule has 7 heteroatoms. The lowest BCUT2D eigenvalue weighted by molar-refractivity contribution is -0.120. The topological polar surface area (TPSA) is 75.3 Å². The summed E-state index contributed by atoms with van der Waals surface area (Å²) < 4.78 is 27.3. The van der Waals surface area contributed by atoms with E-state index in [1.165, 1.54) is 0 Å². The number of carbonyl (C=O) groups excluding carboxylic acids is 1. The minimum Gasteiger partial charge on any atom is -0.351 e. The molecule has 0 saturated heterocycles. The van der Waals surface area contributed by atoms with Gasteiger partial charge >= 0.3 is 0 Å². The van der Waals surface area contributed by atoms with Crippen LogP contribution in [0.5, 0.6) is 0 Å². The van der Waals surface area contributed by atoms with E-state index >= 15 is 0 Å². The Morgan fingerprint density at radius 2 is 1.79 bits per heavy atom. The number of hydrogen-bond acceptors (Lipinski definition) is 4. The largest absolute Gasteiger partial charge is 0.351 e. The van der Waals surface area contributed by atoms with E-state index in [-0.39, 0.29) is 18.1 Å². The Morgan fingerprint density at radius 1 is 1.00 bits per heavy atom. The van der Waals surface area contributed by atoms with Crippen molar-refractivity contribution in [1.82, 2.24) is 5.32 Å². The summed E-state index contributed by atoms with van der Waals surface area (Å²) in [5, 5.41) is 4.85. The number of aryl methyl sites for hydroxylation is 1. The first-order valence-corrected chi connectivity index (χ1v) is 11.4. The van der Waals surface area contributed by atoms with Crippen molar-refractivity contribution < 1.29 is 13.2 Å². The van der Waals surface area contributed by atoms with Crippen molar-refractivity contribution in [3.63, 3.8) is 0 Å². The van der Waals surface area contributed by atoms with Crippen LogP contribution in [0, 0.1) is 6.92 Å². The van der Waals surface area contributed by atoms with Gasteiger partial charge in [0, 0.05) is 10.6 Å². The maximum absolute atomic E-state index is 12.4. The Labute approximate surface area is 169 Å². The third kappa shape index (κ3) is 6.21. The van der Waals surface area contributed by atoms with E-state index < -0.39 is 10.0 Å². The second kappa shape index (κ2) is 9.03. The van der Waals surface area contributed by atoms with Crippen LogP contribution in [-0.2, 0) is 33.5 Å². The van der Waals surface area contributed by atoms with Crippen molar-refractivity contribution in [2.45, 2.75) is 25.6 Å². The quantitative estimate of drug-likeness (QED) is 0.588. The SMILES string of the molecule is Cc1cccc(CS(=O)(=O)Nc2ccc(CC(=O)NCc3cccs3)cc2)c1. The molecule has 5 nitrogen and oxygen atoms in total. The fourth-order valence-electron chi connectivity index (χ4n) is 2.77. The molecule has 1 heterocycles. The highest BCUT2D eigenvalue weighted by molar-refractivity contribution is 7.91. The van der Waals surface area contributed by atoms with Crippen LogP contribution >= 0.6 is 11.3 Å². The van der Waals surface area contributed by atoms with Crippen LogP contribution in [0.2, 0.25) is 0 Å². The number of rotatable bonds is 8. The zero-order valence-electron chi connectivity index (χ0n) is 15.5. The minimum atomic E-state index is -3.50. The summed E-state index contributed by atoms with van der Waals surface area (Å²) in [5.41, 5.74) is 3.07. The minimum absolute atomic E-state index is 0.0684. The number of hydrogen-bond donors (Lipinski definition) is 2. The van der Waals surface area contributed by atoms with Gasteiger partial charge in [-0.3, -0.25) is 9.52 Å². The first-order chi connectivity index (χ1) is 13.4. The number of benzene rings is 2. The molecule has 2 N–H and O–H groups in total. The summed E-state index contributed by atoms with van der Waals surface area (Å²) in [4.78, 5) is 13.1. The summed E-state index contributed by atoms with van der Waals surface area (Å²) in [6, 6.07) is 18.2. The van der Waals surface area contributed by atoms with Crippen molar-refractivity contribution >= 4 is 33.0 Å². The Morgan fingerprint density at radius 3 is 2.46 bits per heavy atom. The van der Waals surface area contributed by atoms with Gasteiger partial charge < -0.3 is 5.32 Å². The van der Waals surface area contributed by atoms with Crippen molar-refractivity contribution in [3.8, 4) is 0 Å². The number of carbonyl (C=O) groups is 1. The Balaban J connectivity index is 1.54. The summed E-state index contributed by atoms with van der Waals surface area (Å²) in [6.45, 7) is 2.45. The molecular weight excluding hydrogens is 392 g/mol. The molecule has 28 heavy (non-hydrogen) atoms. The predicted molar refractivity (Wildman–Crippen MR) is 114 cm³/mol. The summed E-state index contributed by atoms with van der Waals surface area (Å²) >= 11 is 1.60. The lowest BCUT2D eigenvalue weighted by Crippen LogP contribution is -2.24. The third-order valence-corrected chi connectivity index (χ3v) is 6.21. The van der Waals surface area contributed by atoms with Crippen LogP contribution in [0.1, 0.15) is 21.6 Å². The molecular formula is C21H22N2O3S2. The number of sulfonamides is 1. The highest BCUT2D eigenvalue weighted by atomic mass is 32.2. The van der Waals surface area contributed by atoms with Gasteiger partial charge in [0.2, 0.25) is 15.9 Å². The fraction of sp³-hybridized carbons (Fsp3) is 0.190. The van der Waals surface area contributed by atoms with Gasteiger partial charge in [0.1, 0.15) is 0 Å². The maximum atomic E-state index is 12.4. The van der Waals surface area contributed by atoms with Crippen LogP contribution < -0.4 is 10.0 Å². The molecule has 0 unspecified atom stereocenters.